The number of amides is 3. The number of benzene rings is 3. The van der Waals surface area contributed by atoms with Crippen molar-refractivity contribution in [1.82, 2.24) is 15.3 Å². The number of ether oxygens (including phenoxy) is 2. The van der Waals surface area contributed by atoms with Gasteiger partial charge in [-0.15, -0.1) is 0 Å². The number of aromatic nitrogens is 1. The second-order valence-corrected chi connectivity index (χ2v) is 11.9. The van der Waals surface area contributed by atoms with Crippen LogP contribution in [0.1, 0.15) is 49.5 Å². The molecule has 1 aliphatic rings. The van der Waals surface area contributed by atoms with E-state index in [-0.39, 0.29) is 12.0 Å². The molecule has 3 aromatic carbocycles. The lowest BCUT2D eigenvalue weighted by Gasteiger charge is -2.34. The number of hydrazine groups is 1. The van der Waals surface area contributed by atoms with E-state index in [2.05, 4.69) is 5.43 Å². The van der Waals surface area contributed by atoms with E-state index >= 15 is 0 Å². The molecule has 0 atom stereocenters. The van der Waals surface area contributed by atoms with Crippen molar-refractivity contribution in [2.75, 3.05) is 25.2 Å². The number of likely N-dealkylation sites (tertiary alicyclic amines) is 1. The molecule has 9 nitrogen and oxygen atoms in total. The molecule has 4 aromatic rings. The van der Waals surface area contributed by atoms with Gasteiger partial charge in [0.05, 0.1) is 29.6 Å². The topological polar surface area (TPSA) is 101 Å². The number of hydrogen-bond acceptors (Lipinski definition) is 6. The minimum atomic E-state index is -0.720. The van der Waals surface area contributed by atoms with Gasteiger partial charge in [-0.25, -0.2) is 14.6 Å². The van der Waals surface area contributed by atoms with E-state index in [1.807, 2.05) is 81.4 Å². The van der Waals surface area contributed by atoms with E-state index < -0.39 is 17.6 Å². The molecule has 0 unspecified atom stereocenters. The lowest BCUT2D eigenvalue weighted by atomic mass is 9.85. The number of nitrogens with one attached hydrogen (secondary N) is 1. The Labute approximate surface area is 257 Å². The molecule has 3 amide bonds. The van der Waals surface area contributed by atoms with E-state index in [0.29, 0.717) is 47.4 Å². The maximum absolute atomic E-state index is 14.3. The molecule has 1 aromatic heterocycles. The molecule has 1 saturated heterocycles. The molecular weight excluding hydrogens is 556 g/mol. The largest absolute Gasteiger partial charge is 0.451 e. The molecular formula is C35H38N4O5. The summed E-state index contributed by atoms with van der Waals surface area (Å²) in [5.74, 6) is -0.257. The Hall–Kier alpha value is -4.92. The summed E-state index contributed by atoms with van der Waals surface area (Å²) in [6, 6.07) is 26.2. The summed E-state index contributed by atoms with van der Waals surface area (Å²) in [6.07, 6.45) is 1.04. The predicted octanol–water partition coefficient (Wildman–Crippen LogP) is 7.01. The van der Waals surface area contributed by atoms with Crippen LogP contribution >= 0.6 is 0 Å². The van der Waals surface area contributed by atoms with Gasteiger partial charge in [0.1, 0.15) is 5.60 Å². The van der Waals surface area contributed by atoms with Crippen LogP contribution in [0.15, 0.2) is 84.9 Å². The molecule has 0 bridgehead atoms. The number of rotatable bonds is 5. The highest BCUT2D eigenvalue weighted by Crippen LogP contribution is 2.34. The number of methoxy groups -OCH3 is 1. The van der Waals surface area contributed by atoms with E-state index in [0.717, 1.165) is 29.0 Å². The molecule has 0 aliphatic carbocycles. The molecule has 1 fully saturated rings. The van der Waals surface area contributed by atoms with Crippen molar-refractivity contribution >= 4 is 34.7 Å². The highest BCUT2D eigenvalue weighted by molar-refractivity contribution is 6.10. The second kappa shape index (κ2) is 13.2. The molecule has 2 heterocycles. The fraction of sp³-hybridized carbons (Fsp3) is 0.314. The Balaban J connectivity index is 1.54. The van der Waals surface area contributed by atoms with Gasteiger partial charge in [-0.3, -0.25) is 10.2 Å². The molecule has 228 valence electrons. The van der Waals surface area contributed by atoms with Crippen LogP contribution in [0.4, 0.5) is 15.3 Å². The fourth-order valence-corrected chi connectivity index (χ4v) is 5.52. The average Bonchev–Trinajstić information content (AvgIpc) is 3.03. The van der Waals surface area contributed by atoms with Gasteiger partial charge in [-0.05, 0) is 69.7 Å². The summed E-state index contributed by atoms with van der Waals surface area (Å²) in [5.41, 5.74) is 6.24. The van der Waals surface area contributed by atoms with Crippen molar-refractivity contribution in [2.45, 2.75) is 45.6 Å². The van der Waals surface area contributed by atoms with E-state index in [1.165, 1.54) is 7.11 Å². The van der Waals surface area contributed by atoms with Crippen molar-refractivity contribution in [3.05, 3.63) is 96.1 Å². The lowest BCUT2D eigenvalue weighted by molar-refractivity contribution is 0.0184. The number of anilines is 1. The number of carbonyl (C=O) groups is 3. The monoisotopic (exact) mass is 594 g/mol. The summed E-state index contributed by atoms with van der Waals surface area (Å²) < 4.78 is 10.6. The van der Waals surface area contributed by atoms with E-state index in [4.69, 9.17) is 14.5 Å². The molecule has 9 heteroatoms. The molecule has 0 spiro atoms. The number of pyridine rings is 1. The van der Waals surface area contributed by atoms with Crippen LogP contribution in [0.2, 0.25) is 0 Å². The van der Waals surface area contributed by atoms with Crippen LogP contribution in [-0.4, -0.2) is 53.8 Å². The van der Waals surface area contributed by atoms with E-state index in [9.17, 15) is 14.4 Å². The number of piperidine rings is 1. The first-order valence-electron chi connectivity index (χ1n) is 14.8. The normalized spacial score (nSPS) is 13.8. The summed E-state index contributed by atoms with van der Waals surface area (Å²) in [4.78, 5) is 46.7. The predicted molar refractivity (Wildman–Crippen MR) is 170 cm³/mol. The van der Waals surface area contributed by atoms with Crippen molar-refractivity contribution in [1.29, 1.82) is 0 Å². The zero-order chi connectivity index (χ0) is 31.3. The van der Waals surface area contributed by atoms with Crippen LogP contribution < -0.4 is 10.4 Å². The molecule has 1 aliphatic heterocycles. The van der Waals surface area contributed by atoms with Gasteiger partial charge in [0, 0.05) is 24.0 Å². The summed E-state index contributed by atoms with van der Waals surface area (Å²) >= 11 is 0. The van der Waals surface area contributed by atoms with Crippen molar-refractivity contribution in [3.8, 4) is 11.3 Å². The zero-order valence-corrected chi connectivity index (χ0v) is 25.6. The standard InChI is InChI=1S/C35H38N4O5/c1-35(2,3)44-33(41)38-21-19-24(20-22-38)23-28-30(32(40)37-39(34(42)43-4)26-15-9-6-10-16-26)27-17-11-12-18-29(27)36-31(28)25-13-7-5-8-14-25/h5-18,24H,19-23H2,1-4H3,(H,37,40). The Morgan fingerprint density at radius 1 is 0.909 bits per heavy atom. The third kappa shape index (κ3) is 6.99. The van der Waals surface area contributed by atoms with Crippen molar-refractivity contribution in [2.24, 2.45) is 5.92 Å². The Morgan fingerprint density at radius 3 is 2.16 bits per heavy atom. The van der Waals surface area contributed by atoms with Gasteiger partial charge in [-0.1, -0.05) is 66.7 Å². The Kier molecular flexibility index (Phi) is 9.13. The van der Waals surface area contributed by atoms with Crippen molar-refractivity contribution in [3.63, 3.8) is 0 Å². The smallest absolute Gasteiger partial charge is 0.433 e. The van der Waals surface area contributed by atoms with Gasteiger partial charge in [0.15, 0.2) is 0 Å². The fourth-order valence-electron chi connectivity index (χ4n) is 5.52. The van der Waals surface area contributed by atoms with Crippen LogP contribution in [0.3, 0.4) is 0 Å². The van der Waals surface area contributed by atoms with Gasteiger partial charge in [0.2, 0.25) is 0 Å². The Morgan fingerprint density at radius 2 is 1.52 bits per heavy atom. The second-order valence-electron chi connectivity index (χ2n) is 11.9. The average molecular weight is 595 g/mol. The van der Waals surface area contributed by atoms with E-state index in [1.54, 1.807) is 29.2 Å². The molecule has 0 saturated carbocycles. The first-order chi connectivity index (χ1) is 21.1. The lowest BCUT2D eigenvalue weighted by Crippen LogP contribution is -2.47. The first-order valence-corrected chi connectivity index (χ1v) is 14.8. The Bertz CT molecular complexity index is 1630. The SMILES string of the molecule is COC(=O)N(NC(=O)c1c(CC2CCN(C(=O)OC(C)(C)C)CC2)c(-c2ccccc2)nc2ccccc12)c1ccccc1. The van der Waals surface area contributed by atoms with Gasteiger partial charge in [-0.2, -0.15) is 5.01 Å². The van der Waals surface area contributed by atoms with Gasteiger partial charge >= 0.3 is 12.2 Å². The number of nitrogens with zero attached hydrogens (tertiary/aromatic N) is 3. The van der Waals surface area contributed by atoms with Gasteiger partial charge in [0.25, 0.3) is 5.91 Å². The summed E-state index contributed by atoms with van der Waals surface area (Å²) in [5, 5.41) is 1.80. The zero-order valence-electron chi connectivity index (χ0n) is 25.6. The van der Waals surface area contributed by atoms with Crippen LogP contribution in [0, 0.1) is 5.92 Å². The summed E-state index contributed by atoms with van der Waals surface area (Å²) in [7, 11) is 1.27. The summed E-state index contributed by atoms with van der Waals surface area (Å²) in [6.45, 7) is 6.71. The number of carbonyl (C=O) groups excluding carboxylic acids is 3. The first kappa shape index (κ1) is 30.5. The number of para-hydroxylation sites is 2. The highest BCUT2D eigenvalue weighted by atomic mass is 16.6. The maximum Gasteiger partial charge on any atom is 0.433 e. The third-order valence-electron chi connectivity index (χ3n) is 7.61. The number of fused-ring (bicyclic) bond motifs is 1. The maximum atomic E-state index is 14.3. The van der Waals surface area contributed by atoms with Crippen LogP contribution in [0.5, 0.6) is 0 Å². The van der Waals surface area contributed by atoms with Crippen molar-refractivity contribution < 1.29 is 23.9 Å². The van der Waals surface area contributed by atoms with Gasteiger partial charge < -0.3 is 14.4 Å². The highest BCUT2D eigenvalue weighted by Gasteiger charge is 2.31. The van der Waals surface area contributed by atoms with Crippen LogP contribution in [-0.2, 0) is 15.9 Å². The number of hydrogen-bond donors (Lipinski definition) is 1. The quantitative estimate of drug-likeness (QED) is 0.250. The minimum absolute atomic E-state index is 0.191. The molecule has 0 radical (unpaired) electrons. The minimum Gasteiger partial charge on any atom is -0.451 e. The molecule has 44 heavy (non-hydrogen) atoms. The molecule has 5 rings (SSSR count). The third-order valence-corrected chi connectivity index (χ3v) is 7.61. The molecule has 1 N–H and O–H groups in total. The van der Waals surface area contributed by atoms with Crippen LogP contribution in [0.25, 0.3) is 22.2 Å².